The summed E-state index contributed by atoms with van der Waals surface area (Å²) in [7, 11) is 0. The number of halogens is 1. The van der Waals surface area contributed by atoms with Crippen LogP contribution in [0.3, 0.4) is 0 Å². The number of carbonyl (C=O) groups is 4. The van der Waals surface area contributed by atoms with Gasteiger partial charge in [0.15, 0.2) is 11.9 Å². The molecule has 23 heavy (non-hydrogen) atoms. The fraction of sp³-hybridized carbons (Fsp3) is 0.429. The number of thiophene rings is 1. The summed E-state index contributed by atoms with van der Waals surface area (Å²) in [5, 5.41) is 1.87. The van der Waals surface area contributed by atoms with Crippen LogP contribution in [0.4, 0.5) is 4.79 Å². The lowest BCUT2D eigenvalue weighted by Gasteiger charge is -2.19. The number of esters is 1. The number of ether oxygens (including phenoxy) is 1. The maximum absolute atomic E-state index is 11.9. The van der Waals surface area contributed by atoms with Gasteiger partial charge in [-0.05, 0) is 18.1 Å². The van der Waals surface area contributed by atoms with Crippen molar-refractivity contribution in [1.82, 2.24) is 5.32 Å². The fourth-order valence-corrected chi connectivity index (χ4v) is 2.70. The van der Waals surface area contributed by atoms with Gasteiger partial charge in [0.05, 0.1) is 15.6 Å². The number of nitrogens with two attached hydrogens (primary N) is 1. The van der Waals surface area contributed by atoms with Crippen molar-refractivity contribution >= 4 is 46.6 Å². The van der Waals surface area contributed by atoms with Gasteiger partial charge in [0.1, 0.15) is 0 Å². The van der Waals surface area contributed by atoms with Crippen molar-refractivity contribution in [3.8, 4) is 0 Å². The Kier molecular flexibility index (Phi) is 7.18. The summed E-state index contributed by atoms with van der Waals surface area (Å²) in [4.78, 5) is 46.5. The van der Waals surface area contributed by atoms with Gasteiger partial charge in [-0.15, -0.1) is 11.3 Å². The van der Waals surface area contributed by atoms with E-state index in [-0.39, 0.29) is 24.5 Å². The Hall–Kier alpha value is -1.93. The molecule has 9 heteroatoms. The second kappa shape index (κ2) is 8.64. The van der Waals surface area contributed by atoms with E-state index in [2.05, 4.69) is 0 Å². The number of amides is 3. The minimum Gasteiger partial charge on any atom is -0.452 e. The summed E-state index contributed by atoms with van der Waals surface area (Å²) in [6.07, 6.45) is -1.39. The SMILES string of the molecule is CC(C)C(OC(=O)CCC(=O)c1ccc(Cl)s1)C(=O)NC(N)=O. The van der Waals surface area contributed by atoms with Crippen LogP contribution in [0, 0.1) is 5.92 Å². The first-order valence-electron chi connectivity index (χ1n) is 6.79. The normalized spacial score (nSPS) is 11.8. The van der Waals surface area contributed by atoms with E-state index in [9.17, 15) is 19.2 Å². The quantitative estimate of drug-likeness (QED) is 0.570. The van der Waals surface area contributed by atoms with Crippen molar-refractivity contribution in [2.45, 2.75) is 32.8 Å². The van der Waals surface area contributed by atoms with Crippen LogP contribution in [0.5, 0.6) is 0 Å². The monoisotopic (exact) mass is 360 g/mol. The van der Waals surface area contributed by atoms with E-state index in [0.29, 0.717) is 9.21 Å². The lowest BCUT2D eigenvalue weighted by Crippen LogP contribution is -2.45. The highest BCUT2D eigenvalue weighted by atomic mass is 35.5. The molecule has 1 rings (SSSR count). The molecule has 1 unspecified atom stereocenters. The third-order valence-electron chi connectivity index (χ3n) is 2.77. The molecule has 1 heterocycles. The molecule has 1 aromatic rings. The Balaban J connectivity index is 2.54. The van der Waals surface area contributed by atoms with E-state index in [1.54, 1.807) is 26.0 Å². The van der Waals surface area contributed by atoms with Crippen molar-refractivity contribution in [3.63, 3.8) is 0 Å². The third-order valence-corrected chi connectivity index (χ3v) is 4.05. The van der Waals surface area contributed by atoms with Crippen LogP contribution in [0.25, 0.3) is 0 Å². The van der Waals surface area contributed by atoms with E-state index in [1.165, 1.54) is 0 Å². The van der Waals surface area contributed by atoms with Crippen LogP contribution in [0.1, 0.15) is 36.4 Å². The Bertz CT molecular complexity index is 614. The lowest BCUT2D eigenvalue weighted by molar-refractivity contribution is -0.158. The topological polar surface area (TPSA) is 116 Å². The highest BCUT2D eigenvalue weighted by Crippen LogP contribution is 2.23. The molecule has 0 saturated carbocycles. The lowest BCUT2D eigenvalue weighted by atomic mass is 10.1. The maximum Gasteiger partial charge on any atom is 0.318 e. The zero-order chi connectivity index (χ0) is 17.6. The summed E-state index contributed by atoms with van der Waals surface area (Å²) in [5.74, 6) is -2.09. The number of imide groups is 1. The molecule has 7 nitrogen and oxygen atoms in total. The Morgan fingerprint density at radius 1 is 1.26 bits per heavy atom. The van der Waals surface area contributed by atoms with Crippen LogP contribution >= 0.6 is 22.9 Å². The molecule has 3 amide bonds. The number of ketones is 1. The van der Waals surface area contributed by atoms with E-state index in [0.717, 1.165) is 11.3 Å². The summed E-state index contributed by atoms with van der Waals surface area (Å²) in [6, 6.07) is 2.15. The van der Waals surface area contributed by atoms with Crippen LogP contribution in [-0.2, 0) is 14.3 Å². The highest BCUT2D eigenvalue weighted by Gasteiger charge is 2.27. The van der Waals surface area contributed by atoms with E-state index in [1.807, 2.05) is 5.32 Å². The number of hydrogen-bond acceptors (Lipinski definition) is 6. The Labute approximate surface area is 142 Å². The number of carbonyl (C=O) groups excluding carboxylic acids is 4. The minimum atomic E-state index is -1.15. The standard InChI is InChI=1S/C14H17ClN2O5S/c1-7(2)12(13(20)17-14(16)21)22-11(19)6-3-8(18)9-4-5-10(15)23-9/h4-5,7,12H,3,6H2,1-2H3,(H3,16,17,20,21). The van der Waals surface area contributed by atoms with Gasteiger partial charge in [0.25, 0.3) is 5.91 Å². The number of urea groups is 1. The number of primary amides is 1. The molecule has 0 aliphatic carbocycles. The smallest absolute Gasteiger partial charge is 0.318 e. The summed E-state index contributed by atoms with van der Waals surface area (Å²) in [6.45, 7) is 3.30. The average molecular weight is 361 g/mol. The van der Waals surface area contributed by atoms with Crippen LogP contribution in [0.2, 0.25) is 4.34 Å². The second-order valence-corrected chi connectivity index (χ2v) is 6.75. The van der Waals surface area contributed by atoms with Crippen molar-refractivity contribution in [3.05, 3.63) is 21.3 Å². The first-order valence-corrected chi connectivity index (χ1v) is 7.98. The molecule has 0 saturated heterocycles. The maximum atomic E-state index is 11.9. The fourth-order valence-electron chi connectivity index (χ4n) is 1.69. The van der Waals surface area contributed by atoms with Crippen molar-refractivity contribution in [2.24, 2.45) is 11.7 Å². The van der Waals surface area contributed by atoms with Crippen LogP contribution < -0.4 is 11.1 Å². The van der Waals surface area contributed by atoms with Crippen LogP contribution in [-0.4, -0.2) is 29.8 Å². The van der Waals surface area contributed by atoms with Gasteiger partial charge in [-0.25, -0.2) is 4.79 Å². The first-order chi connectivity index (χ1) is 10.7. The first kappa shape index (κ1) is 19.1. The number of nitrogens with one attached hydrogen (secondary N) is 1. The zero-order valence-electron chi connectivity index (χ0n) is 12.6. The molecule has 126 valence electrons. The van der Waals surface area contributed by atoms with E-state index < -0.39 is 24.0 Å². The van der Waals surface area contributed by atoms with Crippen molar-refractivity contribution in [1.29, 1.82) is 0 Å². The Morgan fingerprint density at radius 2 is 1.91 bits per heavy atom. The van der Waals surface area contributed by atoms with Gasteiger partial charge >= 0.3 is 12.0 Å². The molecule has 0 spiro atoms. The minimum absolute atomic E-state index is 0.0576. The van der Waals surface area contributed by atoms with Gasteiger partial charge in [0, 0.05) is 6.42 Å². The number of rotatable bonds is 7. The molecular weight excluding hydrogens is 344 g/mol. The molecular formula is C14H17ClN2O5S. The van der Waals surface area contributed by atoms with Gasteiger partial charge in [-0.3, -0.25) is 19.7 Å². The predicted molar refractivity (Wildman–Crippen MR) is 85.3 cm³/mol. The number of hydrogen-bond donors (Lipinski definition) is 2. The molecule has 0 aromatic carbocycles. The summed E-state index contributed by atoms with van der Waals surface area (Å²) >= 11 is 6.87. The highest BCUT2D eigenvalue weighted by molar-refractivity contribution is 7.18. The van der Waals surface area contributed by atoms with Crippen molar-refractivity contribution in [2.75, 3.05) is 0 Å². The van der Waals surface area contributed by atoms with Gasteiger partial charge in [-0.2, -0.15) is 0 Å². The van der Waals surface area contributed by atoms with Gasteiger partial charge in [-0.1, -0.05) is 25.4 Å². The molecule has 0 aliphatic heterocycles. The molecule has 0 radical (unpaired) electrons. The predicted octanol–water partition coefficient (Wildman–Crippen LogP) is 2.13. The van der Waals surface area contributed by atoms with Crippen LogP contribution in [0.15, 0.2) is 12.1 Å². The molecule has 0 aliphatic rings. The number of Topliss-reactive ketones (excluding diaryl/α,β-unsaturated/α-hetero) is 1. The largest absolute Gasteiger partial charge is 0.452 e. The molecule has 0 fully saturated rings. The second-order valence-electron chi connectivity index (χ2n) is 5.03. The molecule has 3 N–H and O–H groups in total. The van der Waals surface area contributed by atoms with E-state index >= 15 is 0 Å². The third kappa shape index (κ3) is 6.37. The average Bonchev–Trinajstić information content (AvgIpc) is 2.87. The van der Waals surface area contributed by atoms with Gasteiger partial charge < -0.3 is 10.5 Å². The molecule has 0 bridgehead atoms. The molecule has 1 atom stereocenters. The molecule has 1 aromatic heterocycles. The summed E-state index contributed by atoms with van der Waals surface area (Å²) in [5.41, 5.74) is 4.86. The zero-order valence-corrected chi connectivity index (χ0v) is 14.2. The van der Waals surface area contributed by atoms with Crippen molar-refractivity contribution < 1.29 is 23.9 Å². The van der Waals surface area contributed by atoms with Gasteiger partial charge in [0.2, 0.25) is 0 Å². The summed E-state index contributed by atoms with van der Waals surface area (Å²) < 4.78 is 5.52. The Morgan fingerprint density at radius 3 is 2.39 bits per heavy atom. The van der Waals surface area contributed by atoms with E-state index in [4.69, 9.17) is 22.1 Å².